The number of aliphatic hydroxyl groups is 1. The molecule has 1 aliphatic rings. The molecule has 13 heavy (non-hydrogen) atoms. The number of anilines is 1. The predicted molar refractivity (Wildman–Crippen MR) is 54.4 cm³/mol. The third-order valence-electron chi connectivity index (χ3n) is 2.27. The number of nitrogens with zero attached hydrogens (tertiary/aromatic N) is 1. The standard InChI is InChI=1S/C8H11ClN2OS/c9-7-4-10-8(13-7)11-5-2-1-3-6(5)12/h4-6,12H,1-3H2,(H,10,11). The van der Waals surface area contributed by atoms with Gasteiger partial charge < -0.3 is 10.4 Å². The van der Waals surface area contributed by atoms with Crippen molar-refractivity contribution in [2.24, 2.45) is 0 Å². The monoisotopic (exact) mass is 218 g/mol. The van der Waals surface area contributed by atoms with Gasteiger partial charge in [0.05, 0.1) is 18.3 Å². The molecule has 2 unspecified atom stereocenters. The third-order valence-corrected chi connectivity index (χ3v) is 3.31. The Bertz CT molecular complexity index is 291. The maximum Gasteiger partial charge on any atom is 0.184 e. The molecule has 1 fully saturated rings. The highest BCUT2D eigenvalue weighted by Gasteiger charge is 2.25. The summed E-state index contributed by atoms with van der Waals surface area (Å²) >= 11 is 7.14. The molecular formula is C8H11ClN2OS. The van der Waals surface area contributed by atoms with Crippen LogP contribution in [0.15, 0.2) is 6.20 Å². The highest BCUT2D eigenvalue weighted by Crippen LogP contribution is 2.27. The van der Waals surface area contributed by atoms with E-state index in [2.05, 4.69) is 10.3 Å². The summed E-state index contributed by atoms with van der Waals surface area (Å²) in [6.45, 7) is 0. The SMILES string of the molecule is OC1CCCC1Nc1ncc(Cl)s1. The van der Waals surface area contributed by atoms with Crippen molar-refractivity contribution in [1.29, 1.82) is 0 Å². The largest absolute Gasteiger partial charge is 0.391 e. The number of aliphatic hydroxyl groups excluding tert-OH is 1. The van der Waals surface area contributed by atoms with Crippen molar-refractivity contribution in [1.82, 2.24) is 4.98 Å². The fourth-order valence-electron chi connectivity index (χ4n) is 1.59. The van der Waals surface area contributed by atoms with Crippen molar-refractivity contribution in [2.45, 2.75) is 31.4 Å². The molecule has 0 aromatic carbocycles. The van der Waals surface area contributed by atoms with Crippen molar-refractivity contribution >= 4 is 28.1 Å². The minimum atomic E-state index is -0.234. The highest BCUT2D eigenvalue weighted by atomic mass is 35.5. The number of thiazole rings is 1. The molecule has 0 bridgehead atoms. The Kier molecular flexibility index (Phi) is 2.71. The van der Waals surface area contributed by atoms with Crippen LogP contribution >= 0.6 is 22.9 Å². The molecule has 1 aromatic heterocycles. The Hall–Kier alpha value is -0.320. The maximum atomic E-state index is 9.54. The summed E-state index contributed by atoms with van der Waals surface area (Å²) in [5.41, 5.74) is 0. The number of rotatable bonds is 2. The van der Waals surface area contributed by atoms with E-state index in [9.17, 15) is 5.11 Å². The first-order valence-corrected chi connectivity index (χ1v) is 5.51. The molecular weight excluding hydrogens is 208 g/mol. The van der Waals surface area contributed by atoms with Crippen LogP contribution in [0.4, 0.5) is 5.13 Å². The van der Waals surface area contributed by atoms with Gasteiger partial charge in [0, 0.05) is 0 Å². The predicted octanol–water partition coefficient (Wildman–Crippen LogP) is 2.12. The lowest BCUT2D eigenvalue weighted by molar-refractivity contribution is 0.172. The van der Waals surface area contributed by atoms with Crippen molar-refractivity contribution in [3.63, 3.8) is 0 Å². The lowest BCUT2D eigenvalue weighted by Gasteiger charge is -2.14. The molecule has 0 aliphatic heterocycles. The van der Waals surface area contributed by atoms with E-state index in [0.29, 0.717) is 4.34 Å². The van der Waals surface area contributed by atoms with Crippen molar-refractivity contribution < 1.29 is 5.11 Å². The zero-order valence-electron chi connectivity index (χ0n) is 7.03. The van der Waals surface area contributed by atoms with Crippen LogP contribution in [-0.4, -0.2) is 22.2 Å². The maximum absolute atomic E-state index is 9.54. The van der Waals surface area contributed by atoms with Crippen LogP contribution in [0.2, 0.25) is 4.34 Å². The van der Waals surface area contributed by atoms with Gasteiger partial charge in [-0.15, -0.1) is 0 Å². The van der Waals surface area contributed by atoms with Crippen molar-refractivity contribution in [3.05, 3.63) is 10.5 Å². The van der Waals surface area contributed by atoms with E-state index in [-0.39, 0.29) is 12.1 Å². The Labute approximate surface area is 85.8 Å². The van der Waals surface area contributed by atoms with Gasteiger partial charge in [0.2, 0.25) is 0 Å². The van der Waals surface area contributed by atoms with Crippen LogP contribution in [0.3, 0.4) is 0 Å². The van der Waals surface area contributed by atoms with Gasteiger partial charge in [0.1, 0.15) is 4.34 Å². The van der Waals surface area contributed by atoms with E-state index in [1.54, 1.807) is 6.20 Å². The summed E-state index contributed by atoms with van der Waals surface area (Å²) in [7, 11) is 0. The zero-order chi connectivity index (χ0) is 9.26. The summed E-state index contributed by atoms with van der Waals surface area (Å²) in [4.78, 5) is 4.08. The average molecular weight is 219 g/mol. The molecule has 2 atom stereocenters. The second kappa shape index (κ2) is 3.82. The first kappa shape index (κ1) is 9.24. The molecule has 1 aliphatic carbocycles. The van der Waals surface area contributed by atoms with Gasteiger partial charge in [-0.2, -0.15) is 0 Å². The minimum absolute atomic E-state index is 0.155. The van der Waals surface area contributed by atoms with E-state index in [0.717, 1.165) is 24.4 Å². The number of nitrogens with one attached hydrogen (secondary N) is 1. The van der Waals surface area contributed by atoms with Gasteiger partial charge in [-0.3, -0.25) is 0 Å². The van der Waals surface area contributed by atoms with Crippen LogP contribution in [0.25, 0.3) is 0 Å². The average Bonchev–Trinajstić information content (AvgIpc) is 2.64. The minimum Gasteiger partial charge on any atom is -0.391 e. The fourth-order valence-corrected chi connectivity index (χ4v) is 2.46. The third kappa shape index (κ3) is 2.13. The smallest absolute Gasteiger partial charge is 0.184 e. The lowest BCUT2D eigenvalue weighted by atomic mass is 10.2. The lowest BCUT2D eigenvalue weighted by Crippen LogP contribution is -2.27. The van der Waals surface area contributed by atoms with Crippen LogP contribution in [0, 0.1) is 0 Å². The van der Waals surface area contributed by atoms with E-state index < -0.39 is 0 Å². The molecule has 1 saturated carbocycles. The van der Waals surface area contributed by atoms with Crippen molar-refractivity contribution in [2.75, 3.05) is 5.32 Å². The summed E-state index contributed by atoms with van der Waals surface area (Å²) in [5.74, 6) is 0. The summed E-state index contributed by atoms with van der Waals surface area (Å²) in [5, 5.41) is 13.5. The molecule has 0 amide bonds. The van der Waals surface area contributed by atoms with Crippen molar-refractivity contribution in [3.8, 4) is 0 Å². The normalized spacial score (nSPS) is 27.8. The van der Waals surface area contributed by atoms with Gasteiger partial charge in [0.15, 0.2) is 5.13 Å². The summed E-state index contributed by atoms with van der Waals surface area (Å²) in [6.07, 6.45) is 4.37. The van der Waals surface area contributed by atoms with Crippen LogP contribution < -0.4 is 5.32 Å². The van der Waals surface area contributed by atoms with E-state index in [1.807, 2.05) is 0 Å². The molecule has 3 nitrogen and oxygen atoms in total. The molecule has 0 radical (unpaired) electrons. The van der Waals surface area contributed by atoms with E-state index >= 15 is 0 Å². The number of aromatic nitrogens is 1. The first-order valence-electron chi connectivity index (χ1n) is 4.31. The first-order chi connectivity index (χ1) is 6.25. The molecule has 0 saturated heterocycles. The summed E-state index contributed by atoms with van der Waals surface area (Å²) in [6, 6.07) is 0.155. The molecule has 0 spiro atoms. The second-order valence-electron chi connectivity index (χ2n) is 3.22. The van der Waals surface area contributed by atoms with E-state index in [1.165, 1.54) is 11.3 Å². The van der Waals surface area contributed by atoms with Crippen LogP contribution in [-0.2, 0) is 0 Å². The molecule has 5 heteroatoms. The Balaban J connectivity index is 1.97. The molecule has 1 heterocycles. The number of halogens is 1. The fraction of sp³-hybridized carbons (Fsp3) is 0.625. The second-order valence-corrected chi connectivity index (χ2v) is 4.88. The van der Waals surface area contributed by atoms with Gasteiger partial charge >= 0.3 is 0 Å². The van der Waals surface area contributed by atoms with E-state index in [4.69, 9.17) is 11.6 Å². The Morgan fingerprint density at radius 3 is 3.00 bits per heavy atom. The van der Waals surface area contributed by atoms with Gasteiger partial charge in [-0.1, -0.05) is 22.9 Å². The highest BCUT2D eigenvalue weighted by molar-refractivity contribution is 7.19. The number of hydrogen-bond acceptors (Lipinski definition) is 4. The Morgan fingerprint density at radius 1 is 1.62 bits per heavy atom. The topological polar surface area (TPSA) is 45.1 Å². The molecule has 2 rings (SSSR count). The quantitative estimate of drug-likeness (QED) is 0.800. The Morgan fingerprint density at radius 2 is 2.46 bits per heavy atom. The molecule has 1 aromatic rings. The molecule has 2 N–H and O–H groups in total. The van der Waals surface area contributed by atoms with Gasteiger partial charge in [-0.05, 0) is 19.3 Å². The van der Waals surface area contributed by atoms with Gasteiger partial charge in [-0.25, -0.2) is 4.98 Å². The van der Waals surface area contributed by atoms with Crippen LogP contribution in [0.5, 0.6) is 0 Å². The zero-order valence-corrected chi connectivity index (χ0v) is 8.61. The van der Waals surface area contributed by atoms with Gasteiger partial charge in [0.25, 0.3) is 0 Å². The number of hydrogen-bond donors (Lipinski definition) is 2. The summed E-state index contributed by atoms with van der Waals surface area (Å²) < 4.78 is 0.676. The van der Waals surface area contributed by atoms with Crippen LogP contribution in [0.1, 0.15) is 19.3 Å². The molecule has 72 valence electrons.